The number of carboxylic acids is 1. The van der Waals surface area contributed by atoms with E-state index in [0.29, 0.717) is 31.3 Å². The molecule has 1 aliphatic carbocycles. The predicted molar refractivity (Wildman–Crippen MR) is 71.1 cm³/mol. The highest BCUT2D eigenvalue weighted by Crippen LogP contribution is 2.39. The smallest absolute Gasteiger partial charge is 0.310 e. The molecule has 1 unspecified atom stereocenters. The van der Waals surface area contributed by atoms with Crippen LogP contribution in [0.5, 0.6) is 0 Å². The summed E-state index contributed by atoms with van der Waals surface area (Å²) in [5, 5.41) is 13.5. The van der Waals surface area contributed by atoms with E-state index in [9.17, 15) is 9.90 Å². The lowest BCUT2D eigenvalue weighted by Crippen LogP contribution is -2.34. The molecule has 0 radical (unpaired) electrons. The van der Waals surface area contributed by atoms with Crippen molar-refractivity contribution in [1.29, 1.82) is 0 Å². The summed E-state index contributed by atoms with van der Waals surface area (Å²) in [6.45, 7) is 3.97. The molecule has 2 heterocycles. The first-order chi connectivity index (χ1) is 9.63. The van der Waals surface area contributed by atoms with E-state index in [2.05, 4.69) is 15.0 Å². The van der Waals surface area contributed by atoms with Crippen LogP contribution in [0.3, 0.4) is 0 Å². The van der Waals surface area contributed by atoms with Gasteiger partial charge in [0.25, 0.3) is 0 Å². The van der Waals surface area contributed by atoms with E-state index in [0.717, 1.165) is 38.1 Å². The zero-order valence-corrected chi connectivity index (χ0v) is 11.8. The van der Waals surface area contributed by atoms with Crippen molar-refractivity contribution in [3.63, 3.8) is 0 Å². The van der Waals surface area contributed by atoms with Gasteiger partial charge in [0, 0.05) is 12.5 Å². The van der Waals surface area contributed by atoms with Gasteiger partial charge in [0.15, 0.2) is 5.82 Å². The van der Waals surface area contributed by atoms with Gasteiger partial charge in [0.1, 0.15) is 0 Å². The molecule has 2 aliphatic rings. The van der Waals surface area contributed by atoms with Gasteiger partial charge in [-0.1, -0.05) is 18.5 Å². The van der Waals surface area contributed by atoms with Crippen molar-refractivity contribution >= 4 is 5.97 Å². The molecule has 0 bridgehead atoms. The van der Waals surface area contributed by atoms with Crippen LogP contribution in [0.2, 0.25) is 0 Å². The molecule has 0 aromatic carbocycles. The number of nitrogens with zero attached hydrogens (tertiary/aromatic N) is 3. The summed E-state index contributed by atoms with van der Waals surface area (Å²) in [5.74, 6) is 1.25. The average Bonchev–Trinajstić information content (AvgIpc) is 3.03. The molecule has 20 heavy (non-hydrogen) atoms. The summed E-state index contributed by atoms with van der Waals surface area (Å²) in [4.78, 5) is 18.1. The Kier molecular flexibility index (Phi) is 3.50. The number of carboxylic acid groups (broad SMARTS) is 1. The van der Waals surface area contributed by atoms with Gasteiger partial charge >= 0.3 is 5.97 Å². The fraction of sp³-hybridized carbons (Fsp3) is 0.786. The molecule has 1 aliphatic heterocycles. The number of rotatable bonds is 6. The van der Waals surface area contributed by atoms with Crippen LogP contribution in [0.25, 0.3) is 0 Å². The highest BCUT2D eigenvalue weighted by Gasteiger charge is 2.44. The lowest BCUT2D eigenvalue weighted by molar-refractivity contribution is -0.148. The van der Waals surface area contributed by atoms with Crippen LogP contribution in [-0.2, 0) is 11.3 Å². The van der Waals surface area contributed by atoms with Crippen LogP contribution in [0, 0.1) is 5.41 Å². The first-order valence-electron chi connectivity index (χ1n) is 7.41. The van der Waals surface area contributed by atoms with Crippen molar-refractivity contribution in [1.82, 2.24) is 15.0 Å². The molecule has 110 valence electrons. The summed E-state index contributed by atoms with van der Waals surface area (Å²) in [5.41, 5.74) is -0.589. The van der Waals surface area contributed by atoms with Crippen molar-refractivity contribution in [2.75, 3.05) is 13.1 Å². The topological polar surface area (TPSA) is 79.5 Å². The number of likely N-dealkylation sites (tertiary alicyclic amines) is 1. The number of carbonyl (C=O) groups is 1. The third-order valence-corrected chi connectivity index (χ3v) is 4.40. The molecule has 1 atom stereocenters. The summed E-state index contributed by atoms with van der Waals surface area (Å²) < 4.78 is 5.27. The van der Waals surface area contributed by atoms with Crippen molar-refractivity contribution in [3.05, 3.63) is 11.7 Å². The largest absolute Gasteiger partial charge is 0.481 e. The van der Waals surface area contributed by atoms with Gasteiger partial charge < -0.3 is 9.63 Å². The normalized spacial score (nSPS) is 27.1. The Morgan fingerprint density at radius 1 is 1.55 bits per heavy atom. The molecule has 6 heteroatoms. The second kappa shape index (κ2) is 5.16. The monoisotopic (exact) mass is 279 g/mol. The molecular formula is C14H21N3O3. The maximum atomic E-state index is 11.5. The maximum absolute atomic E-state index is 11.5. The van der Waals surface area contributed by atoms with E-state index >= 15 is 0 Å². The molecular weight excluding hydrogens is 258 g/mol. The van der Waals surface area contributed by atoms with Crippen LogP contribution in [0.15, 0.2) is 4.52 Å². The fourth-order valence-electron chi connectivity index (χ4n) is 3.09. The van der Waals surface area contributed by atoms with Crippen LogP contribution < -0.4 is 0 Å². The molecule has 1 saturated carbocycles. The van der Waals surface area contributed by atoms with Crippen molar-refractivity contribution < 1.29 is 14.4 Å². The molecule has 0 spiro atoms. The standard InChI is InChI=1S/C14H21N3O3/c1-2-5-14(13(18)19)6-7-17(9-14)8-11-15-12(16-20-11)10-3-4-10/h10H,2-9H2,1H3,(H,18,19). The summed E-state index contributed by atoms with van der Waals surface area (Å²) >= 11 is 0. The average molecular weight is 279 g/mol. The van der Waals surface area contributed by atoms with Crippen molar-refractivity contribution in [3.8, 4) is 0 Å². The fourth-order valence-corrected chi connectivity index (χ4v) is 3.09. The van der Waals surface area contributed by atoms with E-state index in [-0.39, 0.29) is 0 Å². The quantitative estimate of drug-likeness (QED) is 0.858. The Morgan fingerprint density at radius 3 is 3.00 bits per heavy atom. The minimum absolute atomic E-state index is 0.490. The first kappa shape index (κ1) is 13.5. The van der Waals surface area contributed by atoms with Crippen LogP contribution in [0.1, 0.15) is 56.7 Å². The van der Waals surface area contributed by atoms with E-state index in [4.69, 9.17) is 4.52 Å². The third kappa shape index (κ3) is 2.57. The molecule has 1 saturated heterocycles. The minimum atomic E-state index is -0.675. The Balaban J connectivity index is 1.62. The molecule has 0 amide bonds. The lowest BCUT2D eigenvalue weighted by Gasteiger charge is -2.23. The highest BCUT2D eigenvalue weighted by molar-refractivity contribution is 5.75. The van der Waals surface area contributed by atoms with Gasteiger partial charge in [0.2, 0.25) is 5.89 Å². The van der Waals surface area contributed by atoms with Gasteiger partial charge in [0.05, 0.1) is 12.0 Å². The lowest BCUT2D eigenvalue weighted by atomic mass is 9.83. The SMILES string of the molecule is CCCC1(C(=O)O)CCN(Cc2nc(C3CC3)no2)C1. The molecule has 3 rings (SSSR count). The maximum Gasteiger partial charge on any atom is 0.310 e. The first-order valence-corrected chi connectivity index (χ1v) is 7.41. The van der Waals surface area contributed by atoms with Crippen LogP contribution in [0.4, 0.5) is 0 Å². The Bertz CT molecular complexity index is 498. The number of aliphatic carboxylic acids is 1. The van der Waals surface area contributed by atoms with Crippen molar-refractivity contribution in [2.24, 2.45) is 5.41 Å². The predicted octanol–water partition coefficient (Wildman–Crippen LogP) is 2.02. The van der Waals surface area contributed by atoms with E-state index in [1.807, 2.05) is 6.92 Å². The Labute approximate surface area is 118 Å². The third-order valence-electron chi connectivity index (χ3n) is 4.40. The van der Waals surface area contributed by atoms with Crippen molar-refractivity contribution in [2.45, 2.75) is 51.5 Å². The molecule has 1 aromatic rings. The summed E-state index contributed by atoms with van der Waals surface area (Å²) in [6, 6.07) is 0. The highest BCUT2D eigenvalue weighted by atomic mass is 16.5. The van der Waals surface area contributed by atoms with E-state index in [1.165, 1.54) is 0 Å². The molecule has 1 N–H and O–H groups in total. The second-order valence-corrected chi connectivity index (χ2v) is 6.12. The van der Waals surface area contributed by atoms with Crippen LogP contribution >= 0.6 is 0 Å². The van der Waals surface area contributed by atoms with Gasteiger partial charge in [-0.25, -0.2) is 0 Å². The zero-order chi connectivity index (χ0) is 14.2. The summed E-state index contributed by atoms with van der Waals surface area (Å²) in [6.07, 6.45) is 4.64. The number of hydrogen-bond acceptors (Lipinski definition) is 5. The molecule has 6 nitrogen and oxygen atoms in total. The van der Waals surface area contributed by atoms with Gasteiger partial charge in [-0.3, -0.25) is 9.69 Å². The number of hydrogen-bond donors (Lipinski definition) is 1. The minimum Gasteiger partial charge on any atom is -0.481 e. The molecule has 2 fully saturated rings. The van der Waals surface area contributed by atoms with E-state index < -0.39 is 11.4 Å². The summed E-state index contributed by atoms with van der Waals surface area (Å²) in [7, 11) is 0. The van der Waals surface area contributed by atoms with Gasteiger partial charge in [-0.2, -0.15) is 4.98 Å². The molecule has 1 aromatic heterocycles. The number of aromatic nitrogens is 2. The van der Waals surface area contributed by atoms with Crippen LogP contribution in [-0.4, -0.2) is 39.2 Å². The van der Waals surface area contributed by atoms with Gasteiger partial charge in [-0.05, 0) is 32.2 Å². The Hall–Kier alpha value is -1.43. The Morgan fingerprint density at radius 2 is 2.35 bits per heavy atom. The second-order valence-electron chi connectivity index (χ2n) is 6.12. The van der Waals surface area contributed by atoms with E-state index in [1.54, 1.807) is 0 Å². The van der Waals surface area contributed by atoms with Gasteiger partial charge in [-0.15, -0.1) is 0 Å². The zero-order valence-electron chi connectivity index (χ0n) is 11.8.